The van der Waals surface area contributed by atoms with Gasteiger partial charge in [0.05, 0.1) is 0 Å². The van der Waals surface area contributed by atoms with Crippen LogP contribution in [0.25, 0.3) is 0 Å². The molecule has 0 heterocycles. The number of hydrogen-bond donors (Lipinski definition) is 1. The molecule has 0 aliphatic heterocycles. The Morgan fingerprint density at radius 1 is 1.41 bits per heavy atom. The molecule has 1 aliphatic carbocycles. The summed E-state index contributed by atoms with van der Waals surface area (Å²) in [6.07, 6.45) is 4.82. The third-order valence-electron chi connectivity index (χ3n) is 3.40. The van der Waals surface area contributed by atoms with Crippen molar-refractivity contribution in [2.75, 3.05) is 12.8 Å². The lowest BCUT2D eigenvalue weighted by Gasteiger charge is -2.20. The summed E-state index contributed by atoms with van der Waals surface area (Å²) in [5.41, 5.74) is 1.08. The molecule has 0 spiro atoms. The first-order valence-corrected chi connectivity index (χ1v) is 7.78. The molecule has 94 valence electrons. The molecule has 4 heteroatoms. The van der Waals surface area contributed by atoms with Crippen LogP contribution >= 0.6 is 35.0 Å². The molecule has 1 fully saturated rings. The fourth-order valence-corrected chi connectivity index (χ4v) is 3.09. The summed E-state index contributed by atoms with van der Waals surface area (Å²) in [4.78, 5) is 0. The Bertz CT molecular complexity index is 404. The molecule has 1 atom stereocenters. The summed E-state index contributed by atoms with van der Waals surface area (Å²) in [6.45, 7) is 3.17. The van der Waals surface area contributed by atoms with Gasteiger partial charge in [-0.05, 0) is 49.8 Å². The molecular formula is C13H17Cl2NS. The third-order valence-corrected chi connectivity index (χ3v) is 5.39. The van der Waals surface area contributed by atoms with Gasteiger partial charge in [-0.1, -0.05) is 23.2 Å². The van der Waals surface area contributed by atoms with Crippen LogP contribution in [-0.4, -0.2) is 17.5 Å². The van der Waals surface area contributed by atoms with Gasteiger partial charge in [0, 0.05) is 27.4 Å². The molecule has 0 aromatic heterocycles. The number of benzene rings is 1. The Morgan fingerprint density at radius 3 is 2.71 bits per heavy atom. The first-order chi connectivity index (χ1) is 8.06. The maximum absolute atomic E-state index is 6.19. The maximum atomic E-state index is 6.19. The summed E-state index contributed by atoms with van der Waals surface area (Å²) < 4.78 is 0.472. The number of thioether (sulfide) groups is 1. The van der Waals surface area contributed by atoms with Crippen molar-refractivity contribution in [3.8, 4) is 0 Å². The third kappa shape index (κ3) is 3.31. The van der Waals surface area contributed by atoms with Crippen LogP contribution in [0, 0.1) is 0 Å². The molecule has 0 amide bonds. The number of hydrogen-bond acceptors (Lipinski definition) is 2. The zero-order valence-corrected chi connectivity index (χ0v) is 12.4. The average Bonchev–Trinajstić information content (AvgIpc) is 3.10. The summed E-state index contributed by atoms with van der Waals surface area (Å²) in [7, 11) is 0. The highest BCUT2D eigenvalue weighted by Gasteiger charge is 2.41. The van der Waals surface area contributed by atoms with E-state index in [9.17, 15) is 0 Å². The fourth-order valence-electron chi connectivity index (χ4n) is 1.89. The monoisotopic (exact) mass is 289 g/mol. The van der Waals surface area contributed by atoms with Crippen molar-refractivity contribution in [3.63, 3.8) is 0 Å². The predicted octanol–water partition coefficient (Wildman–Crippen LogP) is 4.54. The van der Waals surface area contributed by atoms with Crippen LogP contribution < -0.4 is 5.32 Å². The van der Waals surface area contributed by atoms with Crippen molar-refractivity contribution in [1.29, 1.82) is 0 Å². The highest BCUT2D eigenvalue weighted by atomic mass is 35.5. The summed E-state index contributed by atoms with van der Waals surface area (Å²) in [5, 5.41) is 5.08. The van der Waals surface area contributed by atoms with Gasteiger partial charge in [-0.25, -0.2) is 0 Å². The second kappa shape index (κ2) is 5.40. The van der Waals surface area contributed by atoms with E-state index >= 15 is 0 Å². The van der Waals surface area contributed by atoms with Crippen LogP contribution in [0.4, 0.5) is 0 Å². The van der Waals surface area contributed by atoms with Gasteiger partial charge in [0.15, 0.2) is 0 Å². The molecule has 1 aromatic carbocycles. The minimum atomic E-state index is 0.242. The molecule has 1 saturated carbocycles. The fraction of sp³-hybridized carbons (Fsp3) is 0.538. The van der Waals surface area contributed by atoms with Gasteiger partial charge in [0.2, 0.25) is 0 Å². The quantitative estimate of drug-likeness (QED) is 0.854. The topological polar surface area (TPSA) is 12.0 Å². The number of nitrogens with one attached hydrogen (secondary N) is 1. The van der Waals surface area contributed by atoms with E-state index in [-0.39, 0.29) is 6.04 Å². The summed E-state index contributed by atoms with van der Waals surface area (Å²) in [6, 6.07) is 5.87. The van der Waals surface area contributed by atoms with E-state index in [0.717, 1.165) is 22.2 Å². The molecule has 1 nitrogen and oxygen atoms in total. The number of halogens is 2. The first kappa shape index (κ1) is 13.5. The van der Waals surface area contributed by atoms with Gasteiger partial charge in [0.1, 0.15) is 0 Å². The van der Waals surface area contributed by atoms with Gasteiger partial charge in [-0.2, -0.15) is 11.8 Å². The van der Waals surface area contributed by atoms with Crippen LogP contribution in [0.3, 0.4) is 0 Å². The predicted molar refractivity (Wildman–Crippen MR) is 78.4 cm³/mol. The smallest absolute Gasteiger partial charge is 0.0454 e. The van der Waals surface area contributed by atoms with Crippen LogP contribution in [0.1, 0.15) is 31.4 Å². The van der Waals surface area contributed by atoms with Crippen LogP contribution in [0.5, 0.6) is 0 Å². The van der Waals surface area contributed by atoms with Gasteiger partial charge < -0.3 is 5.32 Å². The highest BCUT2D eigenvalue weighted by molar-refractivity contribution is 8.00. The number of rotatable bonds is 5. The molecule has 1 aliphatic rings. The van der Waals surface area contributed by atoms with Gasteiger partial charge in [-0.3, -0.25) is 0 Å². The second-order valence-corrected chi connectivity index (χ2v) is 6.77. The summed E-state index contributed by atoms with van der Waals surface area (Å²) in [5.74, 6) is 0. The minimum Gasteiger partial charge on any atom is -0.309 e. The van der Waals surface area contributed by atoms with E-state index in [0.29, 0.717) is 4.75 Å². The van der Waals surface area contributed by atoms with Gasteiger partial charge in [-0.15, -0.1) is 0 Å². The van der Waals surface area contributed by atoms with Crippen LogP contribution in [0.15, 0.2) is 18.2 Å². The zero-order valence-electron chi connectivity index (χ0n) is 10.1. The molecular weight excluding hydrogens is 273 g/mol. The van der Waals surface area contributed by atoms with E-state index < -0.39 is 0 Å². The first-order valence-electron chi connectivity index (χ1n) is 5.80. The molecule has 17 heavy (non-hydrogen) atoms. The van der Waals surface area contributed by atoms with Crippen molar-refractivity contribution >= 4 is 35.0 Å². The van der Waals surface area contributed by atoms with Crippen molar-refractivity contribution in [2.24, 2.45) is 0 Å². The van der Waals surface area contributed by atoms with Gasteiger partial charge in [0.25, 0.3) is 0 Å². The highest BCUT2D eigenvalue weighted by Crippen LogP contribution is 2.46. The molecule has 0 saturated heterocycles. The Hall–Kier alpha value is 0.110. The van der Waals surface area contributed by atoms with Crippen LogP contribution in [0.2, 0.25) is 10.0 Å². The van der Waals surface area contributed by atoms with Crippen molar-refractivity contribution in [1.82, 2.24) is 5.32 Å². The lowest BCUT2D eigenvalue weighted by atomic mass is 10.1. The molecule has 1 N–H and O–H groups in total. The van der Waals surface area contributed by atoms with E-state index in [4.69, 9.17) is 23.2 Å². The average molecular weight is 290 g/mol. The zero-order chi connectivity index (χ0) is 12.5. The van der Waals surface area contributed by atoms with Crippen molar-refractivity contribution in [3.05, 3.63) is 33.8 Å². The SMILES string of the molecule is CSC1(CNC(C)c2cc(Cl)ccc2Cl)CC1. The van der Waals surface area contributed by atoms with Gasteiger partial charge >= 0.3 is 0 Å². The Morgan fingerprint density at radius 2 is 2.12 bits per heavy atom. The Kier molecular flexibility index (Phi) is 4.30. The van der Waals surface area contributed by atoms with E-state index in [1.807, 2.05) is 30.0 Å². The standard InChI is InChI=1S/C13H17Cl2NS/c1-9(16-8-13(17-2)5-6-13)11-7-10(14)3-4-12(11)15/h3-4,7,9,16H,5-6,8H2,1-2H3. The molecule has 0 bridgehead atoms. The molecule has 2 rings (SSSR count). The normalized spacial score (nSPS) is 19.1. The largest absolute Gasteiger partial charge is 0.309 e. The minimum absolute atomic E-state index is 0.242. The Labute approximate surface area is 117 Å². The van der Waals surface area contributed by atoms with Crippen molar-refractivity contribution in [2.45, 2.75) is 30.6 Å². The maximum Gasteiger partial charge on any atom is 0.0454 e. The lowest BCUT2D eigenvalue weighted by Crippen LogP contribution is -2.28. The van der Waals surface area contributed by atoms with Crippen molar-refractivity contribution < 1.29 is 0 Å². The molecule has 1 aromatic rings. The van der Waals surface area contributed by atoms with E-state index in [1.165, 1.54) is 12.8 Å². The van der Waals surface area contributed by atoms with E-state index in [2.05, 4.69) is 18.5 Å². The molecule has 0 radical (unpaired) electrons. The Balaban J connectivity index is 1.99. The molecule has 1 unspecified atom stereocenters. The van der Waals surface area contributed by atoms with E-state index in [1.54, 1.807) is 0 Å². The van der Waals surface area contributed by atoms with Crippen LogP contribution in [-0.2, 0) is 0 Å². The second-order valence-electron chi connectivity index (χ2n) is 4.66. The summed E-state index contributed by atoms with van der Waals surface area (Å²) >= 11 is 14.1. The lowest BCUT2D eigenvalue weighted by molar-refractivity contribution is 0.563.